The van der Waals surface area contributed by atoms with Crippen molar-refractivity contribution in [3.05, 3.63) is 94.5 Å². The molecule has 1 aliphatic carbocycles. The van der Waals surface area contributed by atoms with Crippen LogP contribution >= 0.6 is 0 Å². The highest BCUT2D eigenvalue weighted by molar-refractivity contribution is 5.89. The van der Waals surface area contributed by atoms with Crippen LogP contribution in [0.1, 0.15) is 36.9 Å². The van der Waals surface area contributed by atoms with Gasteiger partial charge in [0.1, 0.15) is 11.3 Å². The third-order valence-electron chi connectivity index (χ3n) is 6.57. The molecule has 0 amide bonds. The van der Waals surface area contributed by atoms with E-state index in [1.807, 2.05) is 60.7 Å². The number of H-pyrrole nitrogens is 1. The standard InChI is InChI=1S/C28H24N4O2/c33-17-23-24(21-13-14-22-20(16-21)12-7-15-29-22)28(34)32-27(30-23)25(18-8-3-1-4-9-18)26(31-32)19-10-5-2-6-11-19/h2,5-8,10-16,30,33H,1,3-4,9,17H2. The number of hydrogen-bond acceptors (Lipinski definition) is 4. The Morgan fingerprint density at radius 1 is 0.971 bits per heavy atom. The summed E-state index contributed by atoms with van der Waals surface area (Å²) >= 11 is 0. The second-order valence-electron chi connectivity index (χ2n) is 8.68. The number of aliphatic hydroxyl groups excluding tert-OH is 1. The molecule has 0 bridgehead atoms. The first-order chi connectivity index (χ1) is 16.7. The van der Waals surface area contributed by atoms with E-state index in [1.165, 1.54) is 16.5 Å². The lowest BCUT2D eigenvalue weighted by molar-refractivity contribution is 0.277. The number of aromatic amines is 1. The highest BCUT2D eigenvalue weighted by Crippen LogP contribution is 2.36. The molecule has 1 aliphatic rings. The smallest absolute Gasteiger partial charge is 0.282 e. The van der Waals surface area contributed by atoms with Crippen molar-refractivity contribution < 1.29 is 5.11 Å². The minimum atomic E-state index is -0.281. The number of aromatic nitrogens is 4. The van der Waals surface area contributed by atoms with Crippen LogP contribution in [0.3, 0.4) is 0 Å². The molecule has 0 atom stereocenters. The van der Waals surface area contributed by atoms with Gasteiger partial charge in [0.15, 0.2) is 0 Å². The molecule has 0 saturated carbocycles. The van der Waals surface area contributed by atoms with Gasteiger partial charge in [0, 0.05) is 22.7 Å². The van der Waals surface area contributed by atoms with Gasteiger partial charge in [0.2, 0.25) is 0 Å². The van der Waals surface area contributed by atoms with Gasteiger partial charge in [0.25, 0.3) is 5.56 Å². The van der Waals surface area contributed by atoms with E-state index in [1.54, 1.807) is 6.20 Å². The molecule has 0 fully saturated rings. The van der Waals surface area contributed by atoms with Gasteiger partial charge < -0.3 is 10.1 Å². The van der Waals surface area contributed by atoms with Gasteiger partial charge in [-0.3, -0.25) is 9.78 Å². The molecule has 2 aromatic carbocycles. The van der Waals surface area contributed by atoms with Crippen LogP contribution in [-0.4, -0.2) is 24.7 Å². The zero-order chi connectivity index (χ0) is 23.1. The maximum atomic E-state index is 13.9. The average molecular weight is 449 g/mol. The van der Waals surface area contributed by atoms with Gasteiger partial charge in [0.05, 0.1) is 23.4 Å². The van der Waals surface area contributed by atoms with Crippen LogP contribution in [0.5, 0.6) is 0 Å². The quantitative estimate of drug-likeness (QED) is 0.388. The molecule has 2 N–H and O–H groups in total. The number of fused-ring (bicyclic) bond motifs is 2. The Hall–Kier alpha value is -4.03. The zero-order valence-electron chi connectivity index (χ0n) is 18.7. The molecule has 6 heteroatoms. The van der Waals surface area contributed by atoms with Gasteiger partial charge >= 0.3 is 0 Å². The van der Waals surface area contributed by atoms with E-state index in [9.17, 15) is 9.90 Å². The van der Waals surface area contributed by atoms with E-state index in [0.717, 1.165) is 52.5 Å². The second-order valence-corrected chi connectivity index (χ2v) is 8.68. The summed E-state index contributed by atoms with van der Waals surface area (Å²) in [7, 11) is 0. The highest BCUT2D eigenvalue weighted by Gasteiger charge is 2.24. The van der Waals surface area contributed by atoms with Crippen LogP contribution in [0, 0.1) is 0 Å². The molecule has 0 unspecified atom stereocenters. The molecule has 0 aliphatic heterocycles. The average Bonchev–Trinajstić information content (AvgIpc) is 3.29. The molecular formula is C28H24N4O2. The molecule has 168 valence electrons. The lowest BCUT2D eigenvalue weighted by atomic mass is 9.92. The predicted octanol–water partition coefficient (Wildman–Crippen LogP) is 5.35. The minimum Gasteiger partial charge on any atom is -0.390 e. The maximum Gasteiger partial charge on any atom is 0.282 e. The van der Waals surface area contributed by atoms with Crippen LogP contribution in [0.2, 0.25) is 0 Å². The van der Waals surface area contributed by atoms with Crippen LogP contribution in [0.15, 0.2) is 77.7 Å². The normalized spacial score (nSPS) is 14.0. The van der Waals surface area contributed by atoms with Crippen LogP contribution in [0.4, 0.5) is 0 Å². The van der Waals surface area contributed by atoms with Gasteiger partial charge in [-0.25, -0.2) is 0 Å². The van der Waals surface area contributed by atoms with Gasteiger partial charge in [-0.2, -0.15) is 9.61 Å². The van der Waals surface area contributed by atoms with E-state index in [0.29, 0.717) is 16.9 Å². The summed E-state index contributed by atoms with van der Waals surface area (Å²) in [5.41, 5.74) is 6.76. The first kappa shape index (κ1) is 20.6. The Morgan fingerprint density at radius 2 is 1.85 bits per heavy atom. The van der Waals surface area contributed by atoms with Gasteiger partial charge in [-0.1, -0.05) is 48.5 Å². The Morgan fingerprint density at radius 3 is 2.65 bits per heavy atom. The van der Waals surface area contributed by atoms with Crippen LogP contribution in [-0.2, 0) is 6.61 Å². The SMILES string of the molecule is O=c1c(-c2ccc3ncccc3c2)c(CO)[nH]c2c(C3=CCCCC3)c(-c3ccccc3)nn12. The Kier molecular flexibility index (Phi) is 5.08. The van der Waals surface area contributed by atoms with Crippen molar-refractivity contribution in [2.75, 3.05) is 0 Å². The third-order valence-corrected chi connectivity index (χ3v) is 6.57. The fourth-order valence-electron chi connectivity index (χ4n) is 4.94. The number of hydrogen-bond donors (Lipinski definition) is 2. The summed E-state index contributed by atoms with van der Waals surface area (Å²) in [6, 6.07) is 19.5. The number of benzene rings is 2. The molecule has 34 heavy (non-hydrogen) atoms. The molecule has 3 heterocycles. The lowest BCUT2D eigenvalue weighted by Gasteiger charge is -2.14. The molecule has 0 radical (unpaired) electrons. The van der Waals surface area contributed by atoms with E-state index >= 15 is 0 Å². The molecule has 6 nitrogen and oxygen atoms in total. The topological polar surface area (TPSA) is 83.3 Å². The van der Waals surface area contributed by atoms with Crippen molar-refractivity contribution >= 4 is 22.1 Å². The summed E-state index contributed by atoms with van der Waals surface area (Å²) in [4.78, 5) is 21.6. The number of rotatable bonds is 4. The van der Waals surface area contributed by atoms with Crippen molar-refractivity contribution in [1.29, 1.82) is 0 Å². The number of allylic oxidation sites excluding steroid dienone is 2. The summed E-state index contributed by atoms with van der Waals surface area (Å²) in [6.07, 6.45) is 8.24. The summed E-state index contributed by atoms with van der Waals surface area (Å²) in [5.74, 6) is 0. The number of nitrogens with zero attached hydrogens (tertiary/aromatic N) is 3. The van der Waals surface area contributed by atoms with E-state index in [2.05, 4.69) is 16.0 Å². The first-order valence-electron chi connectivity index (χ1n) is 11.6. The Bertz CT molecular complexity index is 1610. The van der Waals surface area contributed by atoms with Crippen LogP contribution in [0.25, 0.3) is 44.5 Å². The van der Waals surface area contributed by atoms with E-state index in [-0.39, 0.29) is 12.2 Å². The van der Waals surface area contributed by atoms with Crippen LogP contribution < -0.4 is 5.56 Å². The van der Waals surface area contributed by atoms with Crippen molar-refractivity contribution in [3.8, 4) is 22.4 Å². The second kappa shape index (κ2) is 8.39. The first-order valence-corrected chi connectivity index (χ1v) is 11.6. The summed E-state index contributed by atoms with van der Waals surface area (Å²) in [5, 5.41) is 16.0. The fraction of sp³-hybridized carbons (Fsp3) is 0.179. The largest absolute Gasteiger partial charge is 0.390 e. The van der Waals surface area contributed by atoms with Gasteiger partial charge in [-0.15, -0.1) is 0 Å². The minimum absolute atomic E-state index is 0.249. The van der Waals surface area contributed by atoms with Crippen molar-refractivity contribution in [2.45, 2.75) is 32.3 Å². The number of aliphatic hydroxyl groups is 1. The lowest BCUT2D eigenvalue weighted by Crippen LogP contribution is -2.20. The zero-order valence-corrected chi connectivity index (χ0v) is 18.7. The monoisotopic (exact) mass is 448 g/mol. The maximum absolute atomic E-state index is 13.9. The van der Waals surface area contributed by atoms with E-state index < -0.39 is 0 Å². The highest BCUT2D eigenvalue weighted by atomic mass is 16.3. The Balaban J connectivity index is 1.65. The third kappa shape index (κ3) is 3.35. The van der Waals surface area contributed by atoms with Crippen molar-refractivity contribution in [1.82, 2.24) is 19.6 Å². The Labute approximate surface area is 196 Å². The number of nitrogens with one attached hydrogen (secondary N) is 1. The van der Waals surface area contributed by atoms with Crippen molar-refractivity contribution in [3.63, 3.8) is 0 Å². The van der Waals surface area contributed by atoms with E-state index in [4.69, 9.17) is 5.10 Å². The number of pyridine rings is 1. The summed E-state index contributed by atoms with van der Waals surface area (Å²) < 4.78 is 1.47. The van der Waals surface area contributed by atoms with Crippen molar-refractivity contribution in [2.24, 2.45) is 0 Å². The molecule has 0 saturated heterocycles. The molecule has 6 rings (SSSR count). The fourth-order valence-corrected chi connectivity index (χ4v) is 4.94. The molecular weight excluding hydrogens is 424 g/mol. The molecule has 0 spiro atoms. The van der Waals surface area contributed by atoms with Gasteiger partial charge in [-0.05, 0) is 55.0 Å². The predicted molar refractivity (Wildman–Crippen MR) is 134 cm³/mol. The molecule has 3 aromatic heterocycles. The molecule has 5 aromatic rings. The summed E-state index contributed by atoms with van der Waals surface area (Å²) in [6.45, 7) is -0.281.